The lowest BCUT2D eigenvalue weighted by molar-refractivity contribution is 0.238. The van der Waals surface area contributed by atoms with Gasteiger partial charge in [0.15, 0.2) is 0 Å². The molecule has 1 aromatic carbocycles. The van der Waals surface area contributed by atoms with E-state index >= 15 is 0 Å². The molecule has 1 heterocycles. The summed E-state index contributed by atoms with van der Waals surface area (Å²) in [6, 6.07) is 6.18. The third kappa shape index (κ3) is 4.62. The highest BCUT2D eigenvalue weighted by Gasteiger charge is 2.10. The molecule has 5 heteroatoms. The average molecular weight is 300 g/mol. The van der Waals surface area contributed by atoms with Gasteiger partial charge in [0.2, 0.25) is 0 Å². The summed E-state index contributed by atoms with van der Waals surface area (Å²) in [5.74, 6) is 0. The molecule has 0 bridgehead atoms. The average Bonchev–Trinajstić information content (AvgIpc) is 2.83. The van der Waals surface area contributed by atoms with E-state index in [1.807, 2.05) is 26.4 Å². The van der Waals surface area contributed by atoms with Crippen molar-refractivity contribution in [3.8, 4) is 0 Å². The number of carbonyl (C=O) groups is 1. The van der Waals surface area contributed by atoms with Gasteiger partial charge in [0.1, 0.15) is 0 Å². The summed E-state index contributed by atoms with van der Waals surface area (Å²) in [5, 5.41) is 9.96. The van der Waals surface area contributed by atoms with Crippen LogP contribution in [0.25, 0.3) is 0 Å². The predicted octanol–water partition coefficient (Wildman–Crippen LogP) is 2.64. The molecule has 5 nitrogen and oxygen atoms in total. The summed E-state index contributed by atoms with van der Waals surface area (Å²) in [6.07, 6.45) is 4.55. The second kappa shape index (κ2) is 7.11. The predicted molar refractivity (Wildman–Crippen MR) is 87.8 cm³/mol. The van der Waals surface area contributed by atoms with Crippen LogP contribution in [0.5, 0.6) is 0 Å². The lowest BCUT2D eigenvalue weighted by Crippen LogP contribution is -2.38. The van der Waals surface area contributed by atoms with E-state index in [0.717, 1.165) is 17.5 Å². The van der Waals surface area contributed by atoms with Gasteiger partial charge < -0.3 is 10.6 Å². The SMILES string of the molecule is Cc1cc(C)cc(C(C)NC(=O)NCCc2cnn(C)c2)c1. The van der Waals surface area contributed by atoms with Crippen LogP contribution in [0.1, 0.15) is 35.2 Å². The van der Waals surface area contributed by atoms with E-state index in [1.54, 1.807) is 4.68 Å². The van der Waals surface area contributed by atoms with E-state index in [9.17, 15) is 4.79 Å². The van der Waals surface area contributed by atoms with E-state index in [1.165, 1.54) is 11.1 Å². The molecule has 0 aliphatic carbocycles. The Morgan fingerprint density at radius 2 is 1.95 bits per heavy atom. The Bertz CT molecular complexity index is 628. The van der Waals surface area contributed by atoms with Crippen LogP contribution in [0.2, 0.25) is 0 Å². The molecule has 1 aromatic heterocycles. The number of hydrogen-bond donors (Lipinski definition) is 2. The topological polar surface area (TPSA) is 59.0 Å². The summed E-state index contributed by atoms with van der Waals surface area (Å²) in [6.45, 7) is 6.72. The third-order valence-corrected chi connectivity index (χ3v) is 3.55. The molecule has 0 aliphatic heterocycles. The number of urea groups is 1. The minimum absolute atomic E-state index is 0.0167. The fraction of sp³-hybridized carbons (Fsp3) is 0.412. The molecule has 0 fully saturated rings. The molecule has 1 unspecified atom stereocenters. The van der Waals surface area contributed by atoms with Gasteiger partial charge in [-0.1, -0.05) is 29.3 Å². The minimum Gasteiger partial charge on any atom is -0.338 e. The maximum absolute atomic E-state index is 11.9. The smallest absolute Gasteiger partial charge is 0.315 e. The Hall–Kier alpha value is -2.30. The van der Waals surface area contributed by atoms with Crippen LogP contribution in [0.3, 0.4) is 0 Å². The van der Waals surface area contributed by atoms with Gasteiger partial charge in [0.25, 0.3) is 0 Å². The number of rotatable bonds is 5. The molecule has 2 N–H and O–H groups in total. The standard InChI is InChI=1S/C17H24N4O/c1-12-7-13(2)9-16(8-12)14(3)20-17(22)18-6-5-15-10-19-21(4)11-15/h7-11,14H,5-6H2,1-4H3,(H2,18,20,22). The third-order valence-electron chi connectivity index (χ3n) is 3.55. The second-order valence-electron chi connectivity index (χ2n) is 5.82. The Balaban J connectivity index is 1.80. The van der Waals surface area contributed by atoms with Crippen molar-refractivity contribution in [3.05, 3.63) is 52.8 Å². The zero-order valence-electron chi connectivity index (χ0n) is 13.7. The van der Waals surface area contributed by atoms with Crippen LogP contribution in [0.15, 0.2) is 30.6 Å². The highest BCUT2D eigenvalue weighted by atomic mass is 16.2. The number of nitrogens with one attached hydrogen (secondary N) is 2. The number of aryl methyl sites for hydroxylation is 3. The summed E-state index contributed by atoms with van der Waals surface area (Å²) in [7, 11) is 1.88. The van der Waals surface area contributed by atoms with E-state index in [2.05, 4.69) is 47.8 Å². The molecule has 0 radical (unpaired) electrons. The number of aromatic nitrogens is 2. The number of hydrogen-bond acceptors (Lipinski definition) is 2. The highest BCUT2D eigenvalue weighted by Crippen LogP contribution is 2.16. The molecule has 1 atom stereocenters. The van der Waals surface area contributed by atoms with Crippen molar-refractivity contribution in [2.45, 2.75) is 33.2 Å². The maximum atomic E-state index is 11.9. The van der Waals surface area contributed by atoms with Crippen LogP contribution < -0.4 is 10.6 Å². The van der Waals surface area contributed by atoms with Gasteiger partial charge in [-0.15, -0.1) is 0 Å². The van der Waals surface area contributed by atoms with Crippen LogP contribution in [-0.4, -0.2) is 22.4 Å². The van der Waals surface area contributed by atoms with Gasteiger partial charge >= 0.3 is 6.03 Å². The van der Waals surface area contributed by atoms with Crippen molar-refractivity contribution in [2.24, 2.45) is 7.05 Å². The molecule has 2 aromatic rings. The van der Waals surface area contributed by atoms with Gasteiger partial charge in [-0.25, -0.2) is 4.79 Å². The quantitative estimate of drug-likeness (QED) is 0.892. The molecule has 2 rings (SSSR count). The molecule has 118 valence electrons. The summed E-state index contributed by atoms with van der Waals surface area (Å²) in [4.78, 5) is 11.9. The van der Waals surface area contributed by atoms with Crippen LogP contribution in [0, 0.1) is 13.8 Å². The Labute approximate surface area is 131 Å². The van der Waals surface area contributed by atoms with Gasteiger partial charge in [0, 0.05) is 19.8 Å². The summed E-state index contributed by atoms with van der Waals surface area (Å²) >= 11 is 0. The van der Waals surface area contributed by atoms with Crippen molar-refractivity contribution in [1.82, 2.24) is 20.4 Å². The normalized spacial score (nSPS) is 12.0. The lowest BCUT2D eigenvalue weighted by atomic mass is 10.0. The first-order valence-electron chi connectivity index (χ1n) is 7.54. The molecule has 0 spiro atoms. The number of carbonyl (C=O) groups excluding carboxylic acids is 1. The molecular weight excluding hydrogens is 276 g/mol. The number of benzene rings is 1. The number of nitrogens with zero attached hydrogens (tertiary/aromatic N) is 2. The van der Waals surface area contributed by atoms with Crippen molar-refractivity contribution < 1.29 is 4.79 Å². The van der Waals surface area contributed by atoms with Gasteiger partial charge in [-0.2, -0.15) is 5.10 Å². The maximum Gasteiger partial charge on any atom is 0.315 e. The molecule has 22 heavy (non-hydrogen) atoms. The zero-order valence-corrected chi connectivity index (χ0v) is 13.7. The first-order chi connectivity index (χ1) is 10.4. The Kier molecular flexibility index (Phi) is 5.20. The first kappa shape index (κ1) is 16.1. The Morgan fingerprint density at radius 1 is 1.27 bits per heavy atom. The lowest BCUT2D eigenvalue weighted by Gasteiger charge is -2.16. The minimum atomic E-state index is -0.143. The van der Waals surface area contributed by atoms with Crippen molar-refractivity contribution in [1.29, 1.82) is 0 Å². The highest BCUT2D eigenvalue weighted by molar-refractivity contribution is 5.74. The number of amides is 2. The second-order valence-corrected chi connectivity index (χ2v) is 5.82. The monoisotopic (exact) mass is 300 g/mol. The summed E-state index contributed by atoms with van der Waals surface area (Å²) < 4.78 is 1.76. The van der Waals surface area contributed by atoms with Crippen molar-refractivity contribution in [2.75, 3.05) is 6.54 Å². The van der Waals surface area contributed by atoms with Crippen LogP contribution in [0.4, 0.5) is 4.79 Å². The molecule has 0 saturated heterocycles. The molecule has 0 saturated carbocycles. The largest absolute Gasteiger partial charge is 0.338 e. The van der Waals surface area contributed by atoms with Crippen LogP contribution in [-0.2, 0) is 13.5 Å². The van der Waals surface area contributed by atoms with Gasteiger partial charge in [-0.05, 0) is 38.3 Å². The van der Waals surface area contributed by atoms with Gasteiger partial charge in [-0.3, -0.25) is 4.68 Å². The molecular formula is C17H24N4O. The van der Waals surface area contributed by atoms with Crippen molar-refractivity contribution >= 4 is 6.03 Å². The fourth-order valence-corrected chi connectivity index (χ4v) is 2.51. The van der Waals surface area contributed by atoms with E-state index in [4.69, 9.17) is 0 Å². The zero-order chi connectivity index (χ0) is 16.1. The van der Waals surface area contributed by atoms with E-state index < -0.39 is 0 Å². The summed E-state index contributed by atoms with van der Waals surface area (Å²) in [5.41, 5.74) is 4.66. The van der Waals surface area contributed by atoms with E-state index in [-0.39, 0.29) is 12.1 Å². The Morgan fingerprint density at radius 3 is 2.55 bits per heavy atom. The molecule has 0 aliphatic rings. The van der Waals surface area contributed by atoms with Crippen LogP contribution >= 0.6 is 0 Å². The molecule has 2 amide bonds. The fourth-order valence-electron chi connectivity index (χ4n) is 2.51. The van der Waals surface area contributed by atoms with E-state index in [0.29, 0.717) is 6.54 Å². The van der Waals surface area contributed by atoms with Crippen molar-refractivity contribution in [3.63, 3.8) is 0 Å². The first-order valence-corrected chi connectivity index (χ1v) is 7.54. The van der Waals surface area contributed by atoms with Gasteiger partial charge in [0.05, 0.1) is 12.2 Å².